The van der Waals surface area contributed by atoms with Crippen molar-refractivity contribution in [3.8, 4) is 0 Å². The number of halogens is 3. The molecular formula is C42H54F3N11O3. The van der Waals surface area contributed by atoms with Crippen LogP contribution in [0.5, 0.6) is 0 Å². The Bertz CT molecular complexity index is 2160. The number of piperazine rings is 1. The van der Waals surface area contributed by atoms with E-state index < -0.39 is 29.2 Å². The summed E-state index contributed by atoms with van der Waals surface area (Å²) in [7, 11) is 0. The Morgan fingerprint density at radius 1 is 0.932 bits per heavy atom. The Morgan fingerprint density at radius 3 is 2.49 bits per heavy atom. The van der Waals surface area contributed by atoms with Crippen molar-refractivity contribution < 1.29 is 23.1 Å². The van der Waals surface area contributed by atoms with E-state index in [1.165, 1.54) is 16.8 Å². The van der Waals surface area contributed by atoms with Crippen molar-refractivity contribution >= 4 is 40.2 Å². The van der Waals surface area contributed by atoms with Gasteiger partial charge in [-0.2, -0.15) is 4.98 Å². The maximum atomic E-state index is 13.8. The van der Waals surface area contributed by atoms with Crippen LogP contribution in [0.25, 0.3) is 11.0 Å². The van der Waals surface area contributed by atoms with Crippen molar-refractivity contribution in [3.05, 3.63) is 70.7 Å². The first-order valence-electron chi connectivity index (χ1n) is 21.0. The van der Waals surface area contributed by atoms with E-state index in [1.807, 2.05) is 17.0 Å². The fraction of sp³-hybridized carbons (Fsp3) is 0.571. The number of piperidine rings is 2. The SMILES string of the molecule is C[C@]1(O)CCC[C@@H]1n1c(=O)c(C(F)F)cc2cnc(NC3CCN(C(=O)CCCN4CCN(c5cc(N[C@@H]6CCCN(c7cccc(F)c7)C6)ncn5)CC4)CC3)nc21. The second kappa shape index (κ2) is 17.7. The molecule has 14 nitrogen and oxygen atoms in total. The predicted octanol–water partition coefficient (Wildman–Crippen LogP) is 5.22. The summed E-state index contributed by atoms with van der Waals surface area (Å²) < 4.78 is 42.8. The lowest BCUT2D eigenvalue weighted by atomic mass is 9.99. The summed E-state index contributed by atoms with van der Waals surface area (Å²) in [6.45, 7) is 8.76. The molecule has 3 atom stereocenters. The van der Waals surface area contributed by atoms with Crippen LogP contribution in [0.15, 0.2) is 53.7 Å². The van der Waals surface area contributed by atoms with Crippen LogP contribution < -0.4 is 26.0 Å². The first kappa shape index (κ1) is 40.7. The molecular weight excluding hydrogens is 764 g/mol. The number of nitrogens with one attached hydrogen (secondary N) is 2. The van der Waals surface area contributed by atoms with Crippen molar-refractivity contribution in [2.24, 2.45) is 0 Å². The van der Waals surface area contributed by atoms with Gasteiger partial charge in [0.25, 0.3) is 12.0 Å². The summed E-state index contributed by atoms with van der Waals surface area (Å²) in [4.78, 5) is 53.3. The second-order valence-corrected chi connectivity index (χ2v) is 16.7. The highest BCUT2D eigenvalue weighted by Gasteiger charge is 2.40. The number of benzene rings is 1. The highest BCUT2D eigenvalue weighted by molar-refractivity contribution is 5.77. The number of anilines is 4. The summed E-state index contributed by atoms with van der Waals surface area (Å²) in [6, 6.07) is 9.44. The summed E-state index contributed by atoms with van der Waals surface area (Å²) in [6.07, 6.45) is 6.37. The van der Waals surface area contributed by atoms with Gasteiger partial charge in [0, 0.05) is 94.2 Å². The van der Waals surface area contributed by atoms with Crippen LogP contribution >= 0.6 is 0 Å². The molecule has 1 amide bonds. The van der Waals surface area contributed by atoms with E-state index in [1.54, 1.807) is 25.4 Å². The normalized spacial score (nSPS) is 23.3. The smallest absolute Gasteiger partial charge is 0.269 e. The van der Waals surface area contributed by atoms with Crippen LogP contribution in [0.1, 0.15) is 82.7 Å². The quantitative estimate of drug-likeness (QED) is 0.172. The number of pyridine rings is 1. The zero-order chi connectivity index (χ0) is 41.1. The predicted molar refractivity (Wildman–Crippen MR) is 221 cm³/mol. The Kier molecular flexibility index (Phi) is 12.2. The van der Waals surface area contributed by atoms with Gasteiger partial charge in [0.2, 0.25) is 11.9 Å². The number of aliphatic hydroxyl groups is 1. The average molecular weight is 818 g/mol. The molecule has 0 spiro atoms. The zero-order valence-corrected chi connectivity index (χ0v) is 33.6. The van der Waals surface area contributed by atoms with E-state index in [-0.39, 0.29) is 35.4 Å². The van der Waals surface area contributed by atoms with Gasteiger partial charge in [-0.25, -0.2) is 28.1 Å². The van der Waals surface area contributed by atoms with E-state index in [0.717, 1.165) is 88.5 Å². The molecule has 316 valence electrons. The Labute approximate surface area is 341 Å². The fourth-order valence-electron chi connectivity index (χ4n) is 9.27. The maximum absolute atomic E-state index is 13.8. The van der Waals surface area contributed by atoms with Gasteiger partial charge in [-0.15, -0.1) is 0 Å². The first-order chi connectivity index (χ1) is 28.5. The molecule has 59 heavy (non-hydrogen) atoms. The minimum Gasteiger partial charge on any atom is -0.388 e. The van der Waals surface area contributed by atoms with Crippen LogP contribution in [0.2, 0.25) is 0 Å². The Balaban J connectivity index is 0.773. The van der Waals surface area contributed by atoms with Crippen molar-refractivity contribution in [2.75, 3.05) is 79.3 Å². The van der Waals surface area contributed by atoms with Crippen molar-refractivity contribution in [1.29, 1.82) is 0 Å². The van der Waals surface area contributed by atoms with Crippen LogP contribution in [-0.2, 0) is 4.79 Å². The highest BCUT2D eigenvalue weighted by atomic mass is 19.3. The molecule has 4 aliphatic rings. The van der Waals surface area contributed by atoms with E-state index in [4.69, 9.17) is 0 Å². The molecule has 3 aliphatic heterocycles. The number of hydrogen-bond donors (Lipinski definition) is 3. The molecule has 8 rings (SSSR count). The molecule has 1 aromatic carbocycles. The molecule has 0 bridgehead atoms. The van der Waals surface area contributed by atoms with Crippen LogP contribution in [-0.4, -0.2) is 122 Å². The lowest BCUT2D eigenvalue weighted by Gasteiger charge is -2.36. The zero-order valence-electron chi connectivity index (χ0n) is 33.6. The summed E-state index contributed by atoms with van der Waals surface area (Å²) in [5.41, 5.74) is -1.56. The third kappa shape index (κ3) is 9.40. The molecule has 3 N–H and O–H groups in total. The molecule has 3 aromatic heterocycles. The number of hydrogen-bond acceptors (Lipinski definition) is 12. The van der Waals surface area contributed by atoms with Gasteiger partial charge in [0.1, 0.15) is 29.4 Å². The highest BCUT2D eigenvalue weighted by Crippen LogP contribution is 2.40. The molecule has 4 aromatic rings. The van der Waals surface area contributed by atoms with Gasteiger partial charge < -0.3 is 30.4 Å². The number of amides is 1. The fourth-order valence-corrected chi connectivity index (χ4v) is 9.27. The van der Waals surface area contributed by atoms with Gasteiger partial charge in [-0.1, -0.05) is 6.07 Å². The third-order valence-corrected chi connectivity index (χ3v) is 12.6. The van der Waals surface area contributed by atoms with Gasteiger partial charge in [0.15, 0.2) is 0 Å². The molecule has 4 fully saturated rings. The van der Waals surface area contributed by atoms with Gasteiger partial charge in [-0.3, -0.25) is 19.1 Å². The number of nitrogens with zero attached hydrogens (tertiary/aromatic N) is 9. The molecule has 1 aliphatic carbocycles. The number of carbonyl (C=O) groups is 1. The summed E-state index contributed by atoms with van der Waals surface area (Å²) >= 11 is 0. The monoisotopic (exact) mass is 817 g/mol. The number of likely N-dealkylation sites (tertiary alicyclic amines) is 1. The van der Waals surface area contributed by atoms with E-state index in [0.29, 0.717) is 57.0 Å². The molecule has 0 unspecified atom stereocenters. The van der Waals surface area contributed by atoms with E-state index in [9.17, 15) is 27.9 Å². The third-order valence-electron chi connectivity index (χ3n) is 12.6. The summed E-state index contributed by atoms with van der Waals surface area (Å²) in [5, 5.41) is 18.3. The van der Waals surface area contributed by atoms with Crippen LogP contribution in [0, 0.1) is 5.82 Å². The molecule has 1 saturated carbocycles. The molecule has 6 heterocycles. The Morgan fingerprint density at radius 2 is 1.75 bits per heavy atom. The van der Waals surface area contributed by atoms with E-state index in [2.05, 4.69) is 45.3 Å². The van der Waals surface area contributed by atoms with Crippen molar-refractivity contribution in [3.63, 3.8) is 0 Å². The first-order valence-corrected chi connectivity index (χ1v) is 21.0. The average Bonchev–Trinajstić information content (AvgIpc) is 3.59. The number of rotatable bonds is 12. The van der Waals surface area contributed by atoms with Crippen LogP contribution in [0.3, 0.4) is 0 Å². The number of carbonyl (C=O) groups excluding carboxylic acids is 1. The largest absolute Gasteiger partial charge is 0.388 e. The lowest BCUT2D eigenvalue weighted by molar-refractivity contribution is -0.132. The number of aromatic nitrogens is 5. The minimum absolute atomic E-state index is 0.00552. The maximum Gasteiger partial charge on any atom is 0.269 e. The standard InChI is InChI=1S/C42H54F3N11O3/c1-42(59)13-3-9-34(42)56-39-28(22-33(38(44)45)40(56)58)25-46-41(51-39)50-30-11-16-54(17-12-30)37(57)10-5-14-52-18-20-53(21-19-52)36-24-35(47-27-48-36)49-31-7-4-15-55(26-31)32-8-2-6-29(43)23-32/h2,6,8,22-25,27,30-31,34,38,59H,3-5,7,9-21,26H2,1H3,(H,46,50,51)(H,47,48,49)/t31-,34+,42+/m1/s1. The minimum atomic E-state index is -2.96. The summed E-state index contributed by atoms with van der Waals surface area (Å²) in [5.74, 6) is 1.88. The van der Waals surface area contributed by atoms with Gasteiger partial charge >= 0.3 is 0 Å². The van der Waals surface area contributed by atoms with Crippen molar-refractivity contribution in [1.82, 2.24) is 34.3 Å². The number of alkyl halides is 2. The molecule has 17 heteroatoms. The molecule has 0 radical (unpaired) electrons. The second-order valence-electron chi connectivity index (χ2n) is 16.7. The topological polar surface area (TPSA) is 148 Å². The lowest BCUT2D eigenvalue weighted by Crippen LogP contribution is -2.47. The molecule has 3 saturated heterocycles. The van der Waals surface area contributed by atoms with Crippen LogP contribution in [0.4, 0.5) is 36.4 Å². The van der Waals surface area contributed by atoms with E-state index >= 15 is 0 Å². The number of fused-ring (bicyclic) bond motifs is 1. The Hall–Kier alpha value is -5.03. The van der Waals surface area contributed by atoms with Crippen molar-refractivity contribution in [2.45, 2.75) is 94.9 Å². The van der Waals surface area contributed by atoms with Gasteiger partial charge in [0.05, 0.1) is 17.2 Å². The van der Waals surface area contributed by atoms with Gasteiger partial charge in [-0.05, 0) is 89.1 Å².